The van der Waals surface area contributed by atoms with Gasteiger partial charge in [-0.3, -0.25) is 4.90 Å². The van der Waals surface area contributed by atoms with Crippen LogP contribution in [0.15, 0.2) is 0 Å². The maximum atomic E-state index is 5.35. The summed E-state index contributed by atoms with van der Waals surface area (Å²) in [6.45, 7) is 12.2. The quantitative estimate of drug-likeness (QED) is 0.320. The summed E-state index contributed by atoms with van der Waals surface area (Å²) in [4.78, 5) is 5.09. The average molecular weight is 326 g/mol. The Bertz CT molecular complexity index is 159. The summed E-state index contributed by atoms with van der Waals surface area (Å²) in [6.07, 6.45) is 1.17. The number of halogens is 1. The molecule has 1 saturated heterocycles. The largest absolute Gasteiger partial charge is 0.382 e. The molecule has 4 heteroatoms. The number of rotatable bonds is 6. The van der Waals surface area contributed by atoms with Crippen LogP contribution in [0.2, 0.25) is 0 Å². The summed E-state index contributed by atoms with van der Waals surface area (Å²) in [7, 11) is 0. The minimum absolute atomic E-state index is 0.674. The Hall–Kier alpha value is 0.610. The topological polar surface area (TPSA) is 15.7 Å². The maximum absolute atomic E-state index is 5.35. The fraction of sp³-hybridized carbons (Fsp3) is 1.00. The van der Waals surface area contributed by atoms with Crippen molar-refractivity contribution in [2.24, 2.45) is 0 Å². The van der Waals surface area contributed by atoms with Gasteiger partial charge in [-0.2, -0.15) is 0 Å². The number of nitrogens with zero attached hydrogens (tertiary/aromatic N) is 2. The summed E-state index contributed by atoms with van der Waals surface area (Å²) in [6, 6.07) is 0. The molecule has 0 aromatic heterocycles. The molecule has 0 spiro atoms. The molecule has 0 aromatic carbocycles. The second kappa shape index (κ2) is 7.81. The van der Waals surface area contributed by atoms with E-state index in [4.69, 9.17) is 4.74 Å². The average Bonchev–Trinajstić information content (AvgIpc) is 2.25. The van der Waals surface area contributed by atoms with E-state index in [1.54, 1.807) is 0 Å². The van der Waals surface area contributed by atoms with Gasteiger partial charge in [0.05, 0.1) is 4.05 Å². The third kappa shape index (κ3) is 5.47. The SMILES string of the molecule is CCOCCCN1CCN(C(C)I)CC1. The highest BCUT2D eigenvalue weighted by Crippen LogP contribution is 2.11. The molecule has 1 atom stereocenters. The number of hydrogen-bond acceptors (Lipinski definition) is 3. The van der Waals surface area contributed by atoms with E-state index >= 15 is 0 Å². The van der Waals surface area contributed by atoms with Gasteiger partial charge in [-0.25, -0.2) is 0 Å². The number of piperazine rings is 1. The van der Waals surface area contributed by atoms with Crippen LogP contribution >= 0.6 is 22.6 Å². The molecule has 1 unspecified atom stereocenters. The summed E-state index contributed by atoms with van der Waals surface area (Å²) in [5.41, 5.74) is 0. The van der Waals surface area contributed by atoms with Gasteiger partial charge >= 0.3 is 0 Å². The van der Waals surface area contributed by atoms with Crippen LogP contribution in [-0.2, 0) is 4.74 Å². The molecule has 15 heavy (non-hydrogen) atoms. The van der Waals surface area contributed by atoms with Gasteiger partial charge in [-0.15, -0.1) is 0 Å². The van der Waals surface area contributed by atoms with Crippen LogP contribution in [0.1, 0.15) is 20.3 Å². The lowest BCUT2D eigenvalue weighted by Crippen LogP contribution is -2.48. The Kier molecular flexibility index (Phi) is 7.12. The molecule has 0 amide bonds. The van der Waals surface area contributed by atoms with Crippen molar-refractivity contribution in [3.63, 3.8) is 0 Å². The molecule has 1 rings (SSSR count). The molecule has 0 saturated carbocycles. The molecule has 1 fully saturated rings. The van der Waals surface area contributed by atoms with Gasteiger partial charge < -0.3 is 9.64 Å². The van der Waals surface area contributed by atoms with Gasteiger partial charge in [0.1, 0.15) is 0 Å². The second-order valence-corrected chi connectivity index (χ2v) is 5.80. The van der Waals surface area contributed by atoms with Crippen LogP contribution < -0.4 is 0 Å². The van der Waals surface area contributed by atoms with Crippen LogP contribution in [-0.4, -0.2) is 59.8 Å². The molecule has 1 aliphatic rings. The number of ether oxygens (including phenoxy) is 1. The smallest absolute Gasteiger partial charge is 0.0590 e. The van der Waals surface area contributed by atoms with Crippen molar-refractivity contribution in [1.29, 1.82) is 0 Å². The summed E-state index contributed by atoms with van der Waals surface area (Å²) in [5, 5.41) is 0. The van der Waals surface area contributed by atoms with Gasteiger partial charge in [0.2, 0.25) is 0 Å². The van der Waals surface area contributed by atoms with Crippen molar-refractivity contribution in [2.45, 2.75) is 24.3 Å². The minimum Gasteiger partial charge on any atom is -0.382 e. The van der Waals surface area contributed by atoms with Crippen molar-refractivity contribution in [1.82, 2.24) is 9.80 Å². The van der Waals surface area contributed by atoms with E-state index in [-0.39, 0.29) is 0 Å². The van der Waals surface area contributed by atoms with Gasteiger partial charge in [0.25, 0.3) is 0 Å². The molecule has 90 valence electrons. The van der Waals surface area contributed by atoms with Gasteiger partial charge in [0.15, 0.2) is 0 Å². The lowest BCUT2D eigenvalue weighted by molar-refractivity contribution is 0.104. The van der Waals surface area contributed by atoms with Crippen molar-refractivity contribution < 1.29 is 4.74 Å². The molecule has 0 bridgehead atoms. The maximum Gasteiger partial charge on any atom is 0.0590 e. The third-order valence-corrected chi connectivity index (χ3v) is 3.66. The zero-order chi connectivity index (χ0) is 11.1. The Morgan fingerprint density at radius 1 is 1.27 bits per heavy atom. The molecule has 1 aliphatic heterocycles. The summed E-state index contributed by atoms with van der Waals surface area (Å²) in [5.74, 6) is 0. The Morgan fingerprint density at radius 3 is 2.47 bits per heavy atom. The first-order chi connectivity index (χ1) is 7.24. The number of hydrogen-bond donors (Lipinski definition) is 0. The number of alkyl halides is 1. The Labute approximate surface area is 107 Å². The fourth-order valence-electron chi connectivity index (χ4n) is 1.88. The normalized spacial score (nSPS) is 21.8. The molecule has 0 aromatic rings. The monoisotopic (exact) mass is 326 g/mol. The van der Waals surface area contributed by atoms with Crippen molar-refractivity contribution in [3.8, 4) is 0 Å². The highest BCUT2D eigenvalue weighted by atomic mass is 127. The van der Waals surface area contributed by atoms with E-state index in [2.05, 4.69) is 46.2 Å². The Morgan fingerprint density at radius 2 is 1.93 bits per heavy atom. The van der Waals surface area contributed by atoms with E-state index < -0.39 is 0 Å². The lowest BCUT2D eigenvalue weighted by atomic mass is 10.3. The predicted octanol–water partition coefficient (Wildman–Crippen LogP) is 1.81. The first kappa shape index (κ1) is 13.7. The van der Waals surface area contributed by atoms with Crippen LogP contribution in [0.3, 0.4) is 0 Å². The second-order valence-electron chi connectivity index (χ2n) is 4.00. The van der Waals surface area contributed by atoms with Gasteiger partial charge in [0, 0.05) is 45.9 Å². The van der Waals surface area contributed by atoms with E-state index in [9.17, 15) is 0 Å². The summed E-state index contributed by atoms with van der Waals surface area (Å²) >= 11 is 2.50. The highest BCUT2D eigenvalue weighted by Gasteiger charge is 2.18. The molecule has 0 N–H and O–H groups in total. The minimum atomic E-state index is 0.674. The first-order valence-electron chi connectivity index (χ1n) is 5.92. The highest BCUT2D eigenvalue weighted by molar-refractivity contribution is 14.1. The van der Waals surface area contributed by atoms with Crippen molar-refractivity contribution in [3.05, 3.63) is 0 Å². The zero-order valence-corrected chi connectivity index (χ0v) is 12.1. The van der Waals surface area contributed by atoms with E-state index in [1.807, 2.05) is 0 Å². The lowest BCUT2D eigenvalue weighted by Gasteiger charge is -2.36. The summed E-state index contributed by atoms with van der Waals surface area (Å²) < 4.78 is 6.02. The van der Waals surface area contributed by atoms with Crippen molar-refractivity contribution in [2.75, 3.05) is 45.9 Å². The van der Waals surface area contributed by atoms with Gasteiger partial charge in [-0.1, -0.05) is 22.6 Å². The van der Waals surface area contributed by atoms with E-state index in [0.29, 0.717) is 4.05 Å². The van der Waals surface area contributed by atoms with Crippen LogP contribution in [0, 0.1) is 0 Å². The fourth-order valence-corrected chi connectivity index (χ4v) is 2.43. The molecule has 0 radical (unpaired) electrons. The first-order valence-corrected chi connectivity index (χ1v) is 7.16. The van der Waals surface area contributed by atoms with Crippen LogP contribution in [0.4, 0.5) is 0 Å². The van der Waals surface area contributed by atoms with Crippen LogP contribution in [0.5, 0.6) is 0 Å². The third-order valence-electron chi connectivity index (χ3n) is 2.88. The molecule has 1 heterocycles. The predicted molar refractivity (Wildman–Crippen MR) is 72.6 cm³/mol. The van der Waals surface area contributed by atoms with Crippen molar-refractivity contribution >= 4 is 22.6 Å². The van der Waals surface area contributed by atoms with Crippen LogP contribution in [0.25, 0.3) is 0 Å². The van der Waals surface area contributed by atoms with E-state index in [0.717, 1.165) is 13.2 Å². The molecular formula is C11H23IN2O. The standard InChI is InChI=1S/C11H23IN2O/c1-3-15-10-4-5-13-6-8-14(9-7-13)11(2)12/h11H,3-10H2,1-2H3. The molecular weight excluding hydrogens is 303 g/mol. The molecule has 0 aliphatic carbocycles. The van der Waals surface area contributed by atoms with E-state index in [1.165, 1.54) is 39.1 Å². The molecule has 3 nitrogen and oxygen atoms in total. The zero-order valence-electron chi connectivity index (χ0n) is 9.91. The Balaban J connectivity index is 2.04. The van der Waals surface area contributed by atoms with Gasteiger partial charge in [-0.05, 0) is 20.3 Å².